The standard InChI is InChI=1S/C17H13FN2O2/c1-22-13-8-6-11(7-9-13)16-19-15(17(21)20-16)10-12-4-2-3-5-14(12)18/h2-10H,1H3,(H,19,20,21)/b15-10-. The molecule has 2 aromatic carbocycles. The van der Waals surface area contributed by atoms with Gasteiger partial charge in [0, 0.05) is 11.1 Å². The van der Waals surface area contributed by atoms with Gasteiger partial charge in [-0.15, -0.1) is 0 Å². The maximum atomic E-state index is 13.6. The second-order valence-corrected chi connectivity index (χ2v) is 4.69. The predicted octanol–water partition coefficient (Wildman–Crippen LogP) is 2.75. The fraction of sp³-hybridized carbons (Fsp3) is 0.0588. The third-order valence-electron chi connectivity index (χ3n) is 3.26. The summed E-state index contributed by atoms with van der Waals surface area (Å²) in [4.78, 5) is 16.2. The normalized spacial score (nSPS) is 15.6. The largest absolute Gasteiger partial charge is 0.497 e. The number of amidine groups is 1. The lowest BCUT2D eigenvalue weighted by atomic mass is 10.2. The molecule has 0 saturated heterocycles. The van der Waals surface area contributed by atoms with E-state index in [2.05, 4.69) is 10.3 Å². The highest BCUT2D eigenvalue weighted by atomic mass is 19.1. The van der Waals surface area contributed by atoms with Gasteiger partial charge in [-0.05, 0) is 36.4 Å². The van der Waals surface area contributed by atoms with Crippen LogP contribution < -0.4 is 10.1 Å². The summed E-state index contributed by atoms with van der Waals surface area (Å²) in [6.45, 7) is 0. The molecule has 22 heavy (non-hydrogen) atoms. The van der Waals surface area contributed by atoms with Gasteiger partial charge in [-0.25, -0.2) is 9.38 Å². The number of methoxy groups -OCH3 is 1. The van der Waals surface area contributed by atoms with Gasteiger partial charge < -0.3 is 10.1 Å². The molecule has 0 atom stereocenters. The van der Waals surface area contributed by atoms with Crippen LogP contribution >= 0.6 is 0 Å². The number of halogens is 1. The first kappa shape index (κ1) is 14.0. The van der Waals surface area contributed by atoms with Crippen LogP contribution in [0.25, 0.3) is 6.08 Å². The van der Waals surface area contributed by atoms with Crippen LogP contribution in [0.4, 0.5) is 4.39 Å². The Labute approximate surface area is 127 Å². The number of ether oxygens (including phenoxy) is 1. The maximum absolute atomic E-state index is 13.6. The van der Waals surface area contributed by atoms with E-state index in [0.717, 1.165) is 11.3 Å². The molecule has 3 rings (SSSR count). The van der Waals surface area contributed by atoms with Crippen LogP contribution in [0.3, 0.4) is 0 Å². The first-order chi connectivity index (χ1) is 10.7. The quantitative estimate of drug-likeness (QED) is 0.885. The number of benzene rings is 2. The van der Waals surface area contributed by atoms with Crippen LogP contribution in [-0.4, -0.2) is 18.9 Å². The van der Waals surface area contributed by atoms with Crippen LogP contribution in [0.5, 0.6) is 5.75 Å². The van der Waals surface area contributed by atoms with Crippen molar-refractivity contribution in [1.82, 2.24) is 5.32 Å². The summed E-state index contributed by atoms with van der Waals surface area (Å²) in [7, 11) is 1.58. The van der Waals surface area contributed by atoms with Gasteiger partial charge in [0.25, 0.3) is 5.91 Å². The molecule has 110 valence electrons. The third-order valence-corrected chi connectivity index (χ3v) is 3.26. The van der Waals surface area contributed by atoms with E-state index in [1.807, 2.05) is 0 Å². The number of carbonyl (C=O) groups excluding carboxylic acids is 1. The van der Waals surface area contributed by atoms with E-state index in [0.29, 0.717) is 11.4 Å². The van der Waals surface area contributed by atoms with Gasteiger partial charge in [-0.1, -0.05) is 18.2 Å². The predicted molar refractivity (Wildman–Crippen MR) is 82.1 cm³/mol. The minimum absolute atomic E-state index is 0.177. The second-order valence-electron chi connectivity index (χ2n) is 4.69. The Morgan fingerprint density at radius 3 is 2.55 bits per heavy atom. The zero-order chi connectivity index (χ0) is 15.5. The molecule has 0 unspecified atom stereocenters. The second kappa shape index (κ2) is 5.81. The Kier molecular flexibility index (Phi) is 3.70. The highest BCUT2D eigenvalue weighted by molar-refractivity contribution is 6.19. The first-order valence-corrected chi connectivity index (χ1v) is 6.68. The average Bonchev–Trinajstić information content (AvgIpc) is 2.91. The van der Waals surface area contributed by atoms with Crippen molar-refractivity contribution in [3.8, 4) is 5.75 Å². The molecule has 1 amide bonds. The summed E-state index contributed by atoms with van der Waals surface area (Å²) >= 11 is 0. The Morgan fingerprint density at radius 1 is 1.14 bits per heavy atom. The van der Waals surface area contributed by atoms with E-state index in [1.54, 1.807) is 49.6 Å². The van der Waals surface area contributed by atoms with Crippen LogP contribution in [-0.2, 0) is 4.79 Å². The lowest BCUT2D eigenvalue weighted by Crippen LogP contribution is -2.24. The van der Waals surface area contributed by atoms with Crippen molar-refractivity contribution in [1.29, 1.82) is 0 Å². The van der Waals surface area contributed by atoms with E-state index >= 15 is 0 Å². The van der Waals surface area contributed by atoms with Gasteiger partial charge in [0.2, 0.25) is 0 Å². The number of nitrogens with one attached hydrogen (secondary N) is 1. The smallest absolute Gasteiger partial charge is 0.275 e. The topological polar surface area (TPSA) is 50.7 Å². The van der Waals surface area contributed by atoms with E-state index in [4.69, 9.17) is 4.74 Å². The minimum Gasteiger partial charge on any atom is -0.497 e. The molecule has 0 aliphatic carbocycles. The molecule has 1 N–H and O–H groups in total. The van der Waals surface area contributed by atoms with Gasteiger partial charge in [0.05, 0.1) is 7.11 Å². The lowest BCUT2D eigenvalue weighted by molar-refractivity contribution is -0.115. The highest BCUT2D eigenvalue weighted by Gasteiger charge is 2.21. The summed E-state index contributed by atoms with van der Waals surface area (Å²) in [5.74, 6) is 0.413. The molecule has 0 bridgehead atoms. The Hall–Kier alpha value is -2.95. The van der Waals surface area contributed by atoms with Crippen LogP contribution in [0, 0.1) is 5.82 Å². The van der Waals surface area contributed by atoms with Crippen molar-refractivity contribution in [2.75, 3.05) is 7.11 Å². The van der Waals surface area contributed by atoms with Crippen molar-refractivity contribution in [2.24, 2.45) is 4.99 Å². The summed E-state index contributed by atoms with van der Waals surface area (Å²) in [6, 6.07) is 13.4. The van der Waals surface area contributed by atoms with Crippen LogP contribution in [0.1, 0.15) is 11.1 Å². The van der Waals surface area contributed by atoms with Gasteiger partial charge in [0.15, 0.2) is 0 Å². The summed E-state index contributed by atoms with van der Waals surface area (Å²) < 4.78 is 18.7. The molecule has 5 heteroatoms. The highest BCUT2D eigenvalue weighted by Crippen LogP contribution is 2.18. The molecule has 0 aromatic heterocycles. The monoisotopic (exact) mass is 296 g/mol. The van der Waals surface area contributed by atoms with Crippen molar-refractivity contribution >= 4 is 17.8 Å². The SMILES string of the molecule is COc1ccc(C2=N/C(=C\c3ccccc3F)C(=O)N2)cc1. The number of hydrogen-bond acceptors (Lipinski definition) is 3. The zero-order valence-corrected chi connectivity index (χ0v) is 11.8. The Morgan fingerprint density at radius 2 is 1.86 bits per heavy atom. The fourth-order valence-corrected chi connectivity index (χ4v) is 2.09. The zero-order valence-electron chi connectivity index (χ0n) is 11.8. The van der Waals surface area contributed by atoms with Crippen LogP contribution in [0.2, 0.25) is 0 Å². The number of rotatable bonds is 3. The maximum Gasteiger partial charge on any atom is 0.275 e. The molecule has 1 heterocycles. The number of aliphatic imine (C=N–C) groups is 1. The van der Waals surface area contributed by atoms with Crippen molar-refractivity contribution in [3.05, 3.63) is 71.2 Å². The van der Waals surface area contributed by atoms with Crippen molar-refractivity contribution in [2.45, 2.75) is 0 Å². The number of amides is 1. The van der Waals surface area contributed by atoms with Gasteiger partial charge >= 0.3 is 0 Å². The van der Waals surface area contributed by atoms with E-state index < -0.39 is 5.82 Å². The minimum atomic E-state index is -0.393. The Balaban J connectivity index is 1.92. The molecular weight excluding hydrogens is 283 g/mol. The number of hydrogen-bond donors (Lipinski definition) is 1. The molecule has 0 spiro atoms. The molecule has 1 aliphatic rings. The van der Waals surface area contributed by atoms with Crippen molar-refractivity contribution < 1.29 is 13.9 Å². The summed E-state index contributed by atoms with van der Waals surface area (Å²) in [6.07, 6.45) is 1.43. The molecule has 2 aromatic rings. The van der Waals surface area contributed by atoms with Gasteiger partial charge in [-0.2, -0.15) is 0 Å². The summed E-state index contributed by atoms with van der Waals surface area (Å²) in [5, 5.41) is 2.68. The number of nitrogens with zero attached hydrogens (tertiary/aromatic N) is 1. The fourth-order valence-electron chi connectivity index (χ4n) is 2.09. The molecule has 0 radical (unpaired) electrons. The lowest BCUT2D eigenvalue weighted by Gasteiger charge is -2.02. The average molecular weight is 296 g/mol. The Bertz CT molecular complexity index is 780. The van der Waals surface area contributed by atoms with E-state index in [1.165, 1.54) is 12.1 Å². The van der Waals surface area contributed by atoms with E-state index in [-0.39, 0.29) is 11.6 Å². The molecule has 1 aliphatic heterocycles. The molecule has 0 fully saturated rings. The first-order valence-electron chi connectivity index (χ1n) is 6.68. The third kappa shape index (κ3) is 2.74. The van der Waals surface area contributed by atoms with Gasteiger partial charge in [0.1, 0.15) is 23.1 Å². The number of carbonyl (C=O) groups is 1. The molecule has 0 saturated carbocycles. The molecular formula is C17H13FN2O2. The van der Waals surface area contributed by atoms with Crippen molar-refractivity contribution in [3.63, 3.8) is 0 Å². The van der Waals surface area contributed by atoms with E-state index in [9.17, 15) is 9.18 Å². The van der Waals surface area contributed by atoms with Crippen LogP contribution in [0.15, 0.2) is 59.2 Å². The summed E-state index contributed by atoms with van der Waals surface area (Å²) in [5.41, 5.74) is 1.26. The molecule has 4 nitrogen and oxygen atoms in total. The van der Waals surface area contributed by atoms with Gasteiger partial charge in [-0.3, -0.25) is 4.79 Å².